The second-order valence-corrected chi connectivity index (χ2v) is 8.77. The molecule has 0 radical (unpaired) electrons. The minimum absolute atomic E-state index is 0.0302. The van der Waals surface area contributed by atoms with Gasteiger partial charge in [-0.3, -0.25) is 14.4 Å². The normalized spacial score (nSPS) is 21.6. The lowest BCUT2D eigenvalue weighted by molar-refractivity contribution is -0.151. The van der Waals surface area contributed by atoms with Crippen LogP contribution in [0.3, 0.4) is 0 Å². The zero-order valence-electron chi connectivity index (χ0n) is 20.0. The molecule has 0 heterocycles. The van der Waals surface area contributed by atoms with Gasteiger partial charge < -0.3 is 9.47 Å². The van der Waals surface area contributed by atoms with E-state index >= 15 is 0 Å². The third-order valence-corrected chi connectivity index (χ3v) is 5.57. The molecule has 0 fully saturated rings. The average molecular weight is 431 g/mol. The monoisotopic (exact) mass is 430 g/mol. The predicted octanol–water partition coefficient (Wildman–Crippen LogP) is 5.81. The molecule has 31 heavy (non-hydrogen) atoms. The topological polar surface area (TPSA) is 69.7 Å². The van der Waals surface area contributed by atoms with E-state index in [1.54, 1.807) is 6.08 Å². The van der Waals surface area contributed by atoms with Gasteiger partial charge in [0.2, 0.25) is 0 Å². The Balaban J connectivity index is 2.81. The maximum Gasteiger partial charge on any atom is 0.306 e. The molecular weight excluding hydrogens is 392 g/mol. The van der Waals surface area contributed by atoms with Gasteiger partial charge in [0.25, 0.3) is 0 Å². The molecule has 0 aromatic heterocycles. The smallest absolute Gasteiger partial charge is 0.306 e. The van der Waals surface area contributed by atoms with E-state index in [4.69, 9.17) is 9.47 Å². The molecule has 0 unspecified atom stereocenters. The van der Waals surface area contributed by atoms with Gasteiger partial charge in [0.1, 0.15) is 6.10 Å². The summed E-state index contributed by atoms with van der Waals surface area (Å²) in [5.41, 5.74) is 2.95. The molecule has 0 saturated carbocycles. The van der Waals surface area contributed by atoms with Gasteiger partial charge in [-0.2, -0.15) is 0 Å². The second kappa shape index (κ2) is 13.1. The molecule has 1 aliphatic carbocycles. The Kier molecular flexibility index (Phi) is 11.2. The summed E-state index contributed by atoms with van der Waals surface area (Å²) in [5, 5.41) is 0. The summed E-state index contributed by atoms with van der Waals surface area (Å²) >= 11 is 0. The van der Waals surface area contributed by atoms with Crippen molar-refractivity contribution in [2.45, 2.75) is 85.7 Å². The molecule has 172 valence electrons. The zero-order chi connectivity index (χ0) is 23.4. The van der Waals surface area contributed by atoms with Crippen LogP contribution >= 0.6 is 0 Å². The number of esters is 2. The first-order valence-corrected chi connectivity index (χ1v) is 11.0. The number of hydrogen-bond acceptors (Lipinski definition) is 5. The molecule has 5 nitrogen and oxygen atoms in total. The van der Waals surface area contributed by atoms with Crippen LogP contribution in [0.5, 0.6) is 0 Å². The molecule has 1 aliphatic rings. The quantitative estimate of drug-likeness (QED) is 0.306. The number of allylic oxidation sites excluding steroid dienone is 7. The summed E-state index contributed by atoms with van der Waals surface area (Å²) in [7, 11) is 1.32. The van der Waals surface area contributed by atoms with Crippen LogP contribution in [-0.2, 0) is 23.9 Å². The Morgan fingerprint density at radius 1 is 1.03 bits per heavy atom. The molecule has 0 aromatic carbocycles. The van der Waals surface area contributed by atoms with Crippen LogP contribution in [0.2, 0.25) is 0 Å². The summed E-state index contributed by atoms with van der Waals surface area (Å²) in [6, 6.07) is 0. The number of carbonyl (C=O) groups is 3. The van der Waals surface area contributed by atoms with Crippen LogP contribution in [0, 0.1) is 5.41 Å². The van der Waals surface area contributed by atoms with Crippen LogP contribution in [0.15, 0.2) is 47.1 Å². The largest absolute Gasteiger partial charge is 0.469 e. The van der Waals surface area contributed by atoms with Crippen molar-refractivity contribution in [1.82, 2.24) is 0 Å². The summed E-state index contributed by atoms with van der Waals surface area (Å²) in [4.78, 5) is 36.2. The minimum Gasteiger partial charge on any atom is -0.469 e. The van der Waals surface area contributed by atoms with E-state index in [-0.39, 0.29) is 18.6 Å². The highest BCUT2D eigenvalue weighted by Gasteiger charge is 2.43. The Morgan fingerprint density at radius 3 is 2.23 bits per heavy atom. The highest BCUT2D eigenvalue weighted by Crippen LogP contribution is 2.39. The lowest BCUT2D eigenvalue weighted by Gasteiger charge is -2.35. The van der Waals surface area contributed by atoms with Gasteiger partial charge in [-0.15, -0.1) is 0 Å². The number of ether oxygens (including phenoxy) is 2. The molecule has 0 aromatic rings. The van der Waals surface area contributed by atoms with Crippen molar-refractivity contribution < 1.29 is 23.9 Å². The standard InChI is InChI=1S/C26H38O5/c1-19(2)9-7-10-20(3)11-8-12-21(4)15-16-26(18-25(29)30-6)17-23(31-22(5)27)13-14-24(26)28/h9,11,13-15,23H,7-8,10,12,16-18H2,1-6H3/b20-11+,21-15+/t23-,26+/m0/s1. The first kappa shape index (κ1) is 26.6. The molecule has 0 amide bonds. The van der Waals surface area contributed by atoms with E-state index in [1.807, 2.05) is 13.0 Å². The number of ketones is 1. The molecule has 0 saturated heterocycles. The first-order valence-electron chi connectivity index (χ1n) is 11.0. The third-order valence-electron chi connectivity index (χ3n) is 5.57. The average Bonchev–Trinajstić information content (AvgIpc) is 2.68. The number of hydrogen-bond donors (Lipinski definition) is 0. The maximum atomic E-state index is 12.8. The molecule has 0 aliphatic heterocycles. The fourth-order valence-corrected chi connectivity index (χ4v) is 3.69. The molecule has 1 rings (SSSR count). The molecule has 5 heteroatoms. The van der Waals surface area contributed by atoms with Gasteiger partial charge in [0.15, 0.2) is 5.78 Å². The van der Waals surface area contributed by atoms with E-state index in [0.717, 1.165) is 25.7 Å². The van der Waals surface area contributed by atoms with Gasteiger partial charge in [-0.05, 0) is 72.0 Å². The van der Waals surface area contributed by atoms with E-state index in [9.17, 15) is 14.4 Å². The predicted molar refractivity (Wildman–Crippen MR) is 123 cm³/mol. The SMILES string of the molecule is COC(=O)C[C@@]1(C/C=C(\C)CC/C=C(\C)CCC=C(C)C)C[C@@H](OC(C)=O)C=CC1=O. The fraction of sp³-hybridized carbons (Fsp3) is 0.577. The Bertz CT molecular complexity index is 765. The van der Waals surface area contributed by atoms with E-state index in [1.165, 1.54) is 36.8 Å². The lowest BCUT2D eigenvalue weighted by Crippen LogP contribution is -2.40. The second-order valence-electron chi connectivity index (χ2n) is 8.77. The van der Waals surface area contributed by atoms with Gasteiger partial charge in [0.05, 0.1) is 18.9 Å². The number of methoxy groups -OCH3 is 1. The van der Waals surface area contributed by atoms with Gasteiger partial charge >= 0.3 is 11.9 Å². The van der Waals surface area contributed by atoms with Gasteiger partial charge in [0, 0.05) is 13.3 Å². The van der Waals surface area contributed by atoms with Crippen molar-refractivity contribution in [2.24, 2.45) is 5.41 Å². The van der Waals surface area contributed by atoms with Crippen molar-refractivity contribution in [3.05, 3.63) is 47.1 Å². The summed E-state index contributed by atoms with van der Waals surface area (Å²) in [6.07, 6.45) is 13.7. The molecular formula is C26H38O5. The van der Waals surface area contributed by atoms with Crippen LogP contribution in [0.4, 0.5) is 0 Å². The number of carbonyl (C=O) groups excluding carboxylic acids is 3. The van der Waals surface area contributed by atoms with Crippen molar-refractivity contribution in [2.75, 3.05) is 7.11 Å². The molecule has 2 atom stereocenters. The van der Waals surface area contributed by atoms with Crippen LogP contribution in [0.25, 0.3) is 0 Å². The summed E-state index contributed by atoms with van der Waals surface area (Å²) in [5.74, 6) is -0.971. The van der Waals surface area contributed by atoms with Gasteiger partial charge in [-0.1, -0.05) is 34.9 Å². The Morgan fingerprint density at radius 2 is 1.65 bits per heavy atom. The Labute approximate surface area is 187 Å². The fourth-order valence-electron chi connectivity index (χ4n) is 3.69. The van der Waals surface area contributed by atoms with Gasteiger partial charge in [-0.25, -0.2) is 0 Å². The molecule has 0 spiro atoms. The van der Waals surface area contributed by atoms with E-state index in [0.29, 0.717) is 6.42 Å². The van der Waals surface area contributed by atoms with Crippen LogP contribution in [-0.4, -0.2) is 30.9 Å². The highest BCUT2D eigenvalue weighted by atomic mass is 16.5. The van der Waals surface area contributed by atoms with Crippen molar-refractivity contribution in [3.63, 3.8) is 0 Å². The van der Waals surface area contributed by atoms with Crippen molar-refractivity contribution in [1.29, 1.82) is 0 Å². The maximum absolute atomic E-state index is 12.8. The molecule has 0 N–H and O–H groups in total. The van der Waals surface area contributed by atoms with Crippen LogP contribution in [0.1, 0.15) is 79.6 Å². The highest BCUT2D eigenvalue weighted by molar-refractivity contribution is 5.98. The van der Waals surface area contributed by atoms with Crippen molar-refractivity contribution in [3.8, 4) is 0 Å². The molecule has 0 bridgehead atoms. The third kappa shape index (κ3) is 9.95. The first-order chi connectivity index (χ1) is 14.6. The van der Waals surface area contributed by atoms with E-state index in [2.05, 4.69) is 32.9 Å². The minimum atomic E-state index is -0.945. The van der Waals surface area contributed by atoms with Crippen LogP contribution < -0.4 is 0 Å². The Hall–Kier alpha value is -2.43. The summed E-state index contributed by atoms with van der Waals surface area (Å²) < 4.78 is 10.1. The van der Waals surface area contributed by atoms with E-state index < -0.39 is 23.5 Å². The lowest BCUT2D eigenvalue weighted by atomic mass is 9.70. The summed E-state index contributed by atoms with van der Waals surface area (Å²) in [6.45, 7) is 9.77. The zero-order valence-corrected chi connectivity index (χ0v) is 20.0. The number of rotatable bonds is 11. The van der Waals surface area contributed by atoms with Crippen molar-refractivity contribution >= 4 is 17.7 Å².